The summed E-state index contributed by atoms with van der Waals surface area (Å²) in [6.07, 6.45) is 0. The lowest BCUT2D eigenvalue weighted by Gasteiger charge is -2.25. The van der Waals surface area contributed by atoms with E-state index in [2.05, 4.69) is 5.32 Å². The fraction of sp³-hybridized carbons (Fsp3) is 0.107. The number of rotatable bonds is 8. The first kappa shape index (κ1) is 23.3. The number of carbonyl (C=O) groups is 1. The summed E-state index contributed by atoms with van der Waals surface area (Å²) < 4.78 is 28.2. The Bertz CT molecular complexity index is 1350. The Labute approximate surface area is 200 Å². The van der Waals surface area contributed by atoms with Gasteiger partial charge in [-0.15, -0.1) is 0 Å². The number of carbonyl (C=O) groups excluding carboxylic acids is 1. The number of hydrogen-bond donors (Lipinski definition) is 1. The van der Waals surface area contributed by atoms with Gasteiger partial charge in [0, 0.05) is 12.1 Å². The predicted octanol–water partition coefficient (Wildman–Crippen LogP) is 5.32. The van der Waals surface area contributed by atoms with Crippen molar-refractivity contribution in [2.75, 3.05) is 4.31 Å². The molecule has 0 radical (unpaired) electrons. The SMILES string of the molecule is Cc1cccc(CNC(=O)c2ccc(CN(c3ccccc3)S(=O)(=O)c3ccccc3)cc2)c1. The number of nitrogens with zero attached hydrogens (tertiary/aromatic N) is 1. The average Bonchev–Trinajstić information content (AvgIpc) is 2.87. The Kier molecular flexibility index (Phi) is 7.09. The highest BCUT2D eigenvalue weighted by atomic mass is 32.2. The summed E-state index contributed by atoms with van der Waals surface area (Å²) in [6, 6.07) is 32.4. The Hall–Kier alpha value is -3.90. The summed E-state index contributed by atoms with van der Waals surface area (Å²) in [4.78, 5) is 12.8. The van der Waals surface area contributed by atoms with Gasteiger partial charge >= 0.3 is 0 Å². The van der Waals surface area contributed by atoms with E-state index in [1.807, 2.05) is 49.4 Å². The molecule has 4 aromatic carbocycles. The highest BCUT2D eigenvalue weighted by molar-refractivity contribution is 7.92. The topological polar surface area (TPSA) is 66.5 Å². The van der Waals surface area contributed by atoms with Gasteiger partial charge < -0.3 is 5.32 Å². The van der Waals surface area contributed by atoms with Crippen LogP contribution in [-0.4, -0.2) is 14.3 Å². The van der Waals surface area contributed by atoms with Crippen molar-refractivity contribution < 1.29 is 13.2 Å². The summed E-state index contributed by atoms with van der Waals surface area (Å²) in [7, 11) is -3.77. The molecule has 0 aliphatic carbocycles. The Balaban J connectivity index is 1.52. The van der Waals surface area contributed by atoms with Gasteiger partial charge in [0.15, 0.2) is 0 Å². The van der Waals surface area contributed by atoms with E-state index in [1.165, 1.54) is 4.31 Å². The second kappa shape index (κ2) is 10.4. The molecule has 0 saturated heterocycles. The standard InChI is InChI=1S/C28H26N2O3S/c1-22-9-8-10-24(19-22)20-29-28(31)25-17-15-23(16-18-25)21-30(26-11-4-2-5-12-26)34(32,33)27-13-6-3-7-14-27/h2-19H,20-21H2,1H3,(H,29,31). The molecule has 6 heteroatoms. The van der Waals surface area contributed by atoms with Gasteiger partial charge in [0.2, 0.25) is 0 Å². The lowest BCUT2D eigenvalue weighted by Crippen LogP contribution is -2.30. The van der Waals surface area contributed by atoms with Crippen LogP contribution in [0.3, 0.4) is 0 Å². The molecule has 0 bridgehead atoms. The Morgan fingerprint density at radius 3 is 2.06 bits per heavy atom. The van der Waals surface area contributed by atoms with Crippen LogP contribution in [0.25, 0.3) is 0 Å². The van der Waals surface area contributed by atoms with Gasteiger partial charge in [-0.1, -0.05) is 78.4 Å². The zero-order chi connectivity index (χ0) is 24.0. The van der Waals surface area contributed by atoms with Crippen LogP contribution in [0.4, 0.5) is 5.69 Å². The number of para-hydroxylation sites is 1. The van der Waals surface area contributed by atoms with E-state index in [0.717, 1.165) is 16.7 Å². The van der Waals surface area contributed by atoms with Gasteiger partial charge in [0.1, 0.15) is 0 Å². The second-order valence-electron chi connectivity index (χ2n) is 8.03. The molecule has 0 aliphatic heterocycles. The van der Waals surface area contributed by atoms with Crippen LogP contribution < -0.4 is 9.62 Å². The van der Waals surface area contributed by atoms with Gasteiger partial charge in [-0.25, -0.2) is 8.42 Å². The summed E-state index contributed by atoms with van der Waals surface area (Å²) in [6.45, 7) is 2.60. The minimum Gasteiger partial charge on any atom is -0.348 e. The molecule has 0 unspecified atom stereocenters. The normalized spacial score (nSPS) is 11.1. The average molecular weight is 471 g/mol. The van der Waals surface area contributed by atoms with Crippen molar-refractivity contribution in [3.8, 4) is 0 Å². The fourth-order valence-corrected chi connectivity index (χ4v) is 5.14. The molecule has 0 spiro atoms. The first-order chi connectivity index (χ1) is 16.4. The fourth-order valence-electron chi connectivity index (χ4n) is 3.66. The van der Waals surface area contributed by atoms with Crippen molar-refractivity contribution in [3.63, 3.8) is 0 Å². The van der Waals surface area contributed by atoms with E-state index in [-0.39, 0.29) is 17.3 Å². The maximum Gasteiger partial charge on any atom is 0.264 e. The molecule has 0 heterocycles. The molecule has 0 atom stereocenters. The lowest BCUT2D eigenvalue weighted by molar-refractivity contribution is 0.0951. The van der Waals surface area contributed by atoms with Crippen LogP contribution in [0.1, 0.15) is 27.0 Å². The number of amides is 1. The minimum atomic E-state index is -3.77. The molecule has 172 valence electrons. The molecule has 4 aromatic rings. The number of anilines is 1. The zero-order valence-electron chi connectivity index (χ0n) is 18.9. The van der Waals surface area contributed by atoms with Gasteiger partial charge in [-0.05, 0) is 54.4 Å². The van der Waals surface area contributed by atoms with Crippen LogP contribution in [0.15, 0.2) is 114 Å². The molecule has 1 N–H and O–H groups in total. The van der Waals surface area contributed by atoms with E-state index in [1.54, 1.807) is 66.7 Å². The van der Waals surface area contributed by atoms with E-state index < -0.39 is 10.0 Å². The Morgan fingerprint density at radius 1 is 0.765 bits per heavy atom. The predicted molar refractivity (Wildman–Crippen MR) is 135 cm³/mol. The number of nitrogens with one attached hydrogen (secondary N) is 1. The van der Waals surface area contributed by atoms with Crippen molar-refractivity contribution >= 4 is 21.6 Å². The van der Waals surface area contributed by atoms with Crippen molar-refractivity contribution in [1.29, 1.82) is 0 Å². The monoisotopic (exact) mass is 470 g/mol. The third-order valence-electron chi connectivity index (χ3n) is 5.45. The Morgan fingerprint density at radius 2 is 1.41 bits per heavy atom. The highest BCUT2D eigenvalue weighted by Crippen LogP contribution is 2.25. The van der Waals surface area contributed by atoms with Gasteiger partial charge in [-0.2, -0.15) is 0 Å². The minimum absolute atomic E-state index is 0.145. The molecular formula is C28H26N2O3S. The lowest BCUT2D eigenvalue weighted by atomic mass is 10.1. The van der Waals surface area contributed by atoms with E-state index in [0.29, 0.717) is 17.8 Å². The largest absolute Gasteiger partial charge is 0.348 e. The first-order valence-electron chi connectivity index (χ1n) is 11.0. The van der Waals surface area contributed by atoms with Crippen molar-refractivity contribution in [1.82, 2.24) is 5.32 Å². The molecule has 0 fully saturated rings. The van der Waals surface area contributed by atoms with Crippen molar-refractivity contribution in [3.05, 3.63) is 131 Å². The molecule has 0 saturated carbocycles. The first-order valence-corrected chi connectivity index (χ1v) is 12.4. The smallest absolute Gasteiger partial charge is 0.264 e. The molecule has 5 nitrogen and oxygen atoms in total. The number of sulfonamides is 1. The van der Waals surface area contributed by atoms with Crippen LogP contribution in [-0.2, 0) is 23.1 Å². The maximum atomic E-state index is 13.4. The zero-order valence-corrected chi connectivity index (χ0v) is 19.7. The molecular weight excluding hydrogens is 444 g/mol. The summed E-state index contributed by atoms with van der Waals surface area (Å²) in [5.41, 5.74) is 4.05. The second-order valence-corrected chi connectivity index (χ2v) is 9.89. The van der Waals surface area contributed by atoms with E-state index in [9.17, 15) is 13.2 Å². The highest BCUT2D eigenvalue weighted by Gasteiger charge is 2.25. The molecule has 0 aromatic heterocycles. The maximum absolute atomic E-state index is 13.4. The van der Waals surface area contributed by atoms with Crippen molar-refractivity contribution in [2.45, 2.75) is 24.9 Å². The summed E-state index contributed by atoms with van der Waals surface area (Å²) in [5, 5.41) is 2.93. The quantitative estimate of drug-likeness (QED) is 0.379. The van der Waals surface area contributed by atoms with E-state index in [4.69, 9.17) is 0 Å². The molecule has 4 rings (SSSR count). The van der Waals surface area contributed by atoms with Gasteiger partial charge in [-0.3, -0.25) is 9.10 Å². The summed E-state index contributed by atoms with van der Waals surface area (Å²) >= 11 is 0. The van der Waals surface area contributed by atoms with Crippen LogP contribution in [0, 0.1) is 6.92 Å². The van der Waals surface area contributed by atoms with Gasteiger partial charge in [0.05, 0.1) is 17.1 Å². The van der Waals surface area contributed by atoms with Crippen molar-refractivity contribution in [2.24, 2.45) is 0 Å². The number of hydrogen-bond acceptors (Lipinski definition) is 3. The molecule has 0 aliphatic rings. The molecule has 34 heavy (non-hydrogen) atoms. The molecule has 1 amide bonds. The van der Waals surface area contributed by atoms with Crippen LogP contribution in [0.5, 0.6) is 0 Å². The third kappa shape index (κ3) is 5.53. The number of benzene rings is 4. The van der Waals surface area contributed by atoms with Crippen LogP contribution >= 0.6 is 0 Å². The number of aryl methyl sites for hydroxylation is 1. The van der Waals surface area contributed by atoms with Crippen LogP contribution in [0.2, 0.25) is 0 Å². The van der Waals surface area contributed by atoms with E-state index >= 15 is 0 Å². The van der Waals surface area contributed by atoms with Gasteiger partial charge in [0.25, 0.3) is 15.9 Å². The summed E-state index contributed by atoms with van der Waals surface area (Å²) in [5.74, 6) is -0.176. The third-order valence-corrected chi connectivity index (χ3v) is 7.24.